The minimum absolute atomic E-state index is 0.0229. The fraction of sp³-hybridized carbons (Fsp3) is 0.571. The van der Waals surface area contributed by atoms with Crippen molar-refractivity contribution in [1.29, 1.82) is 0 Å². The highest BCUT2D eigenvalue weighted by Crippen LogP contribution is 2.40. The molecule has 2 atom stereocenters. The topological polar surface area (TPSA) is 12.0 Å². The Morgan fingerprint density at radius 3 is 2.56 bits per heavy atom. The van der Waals surface area contributed by atoms with Gasteiger partial charge in [0.25, 0.3) is 0 Å². The largest absolute Gasteiger partial charge is 0.316 e. The molecular weight excluding hydrogens is 300 g/mol. The summed E-state index contributed by atoms with van der Waals surface area (Å²) in [6, 6.07) is 8.21. The second-order valence-electron chi connectivity index (χ2n) is 5.08. The van der Waals surface area contributed by atoms with Crippen LogP contribution in [0.3, 0.4) is 0 Å². The molecule has 1 saturated carbocycles. The van der Waals surface area contributed by atoms with Gasteiger partial charge in [-0.3, -0.25) is 0 Å². The molecule has 1 nitrogen and oxygen atoms in total. The van der Waals surface area contributed by atoms with Gasteiger partial charge in [-0.25, -0.2) is 8.78 Å². The Balaban J connectivity index is 1.99. The number of hydrogen-bond acceptors (Lipinski definition) is 1. The second kappa shape index (κ2) is 5.66. The molecule has 1 aliphatic rings. The van der Waals surface area contributed by atoms with Crippen molar-refractivity contribution in [2.45, 2.75) is 37.6 Å². The third-order valence-electron chi connectivity index (χ3n) is 3.75. The highest BCUT2D eigenvalue weighted by molar-refractivity contribution is 9.10. The Bertz CT molecular complexity index is 391. The molecule has 0 saturated heterocycles. The van der Waals surface area contributed by atoms with E-state index in [1.54, 1.807) is 0 Å². The van der Waals surface area contributed by atoms with E-state index in [1.165, 1.54) is 5.56 Å². The van der Waals surface area contributed by atoms with Gasteiger partial charge < -0.3 is 5.32 Å². The molecule has 1 N–H and O–H groups in total. The van der Waals surface area contributed by atoms with Crippen molar-refractivity contribution in [3.8, 4) is 0 Å². The van der Waals surface area contributed by atoms with Crippen LogP contribution in [0.1, 0.15) is 24.8 Å². The zero-order valence-corrected chi connectivity index (χ0v) is 12.0. The number of rotatable bonds is 4. The summed E-state index contributed by atoms with van der Waals surface area (Å²) in [6.45, 7) is 0. The average molecular weight is 318 g/mol. The molecule has 2 unspecified atom stereocenters. The molecule has 0 heterocycles. The van der Waals surface area contributed by atoms with Crippen LogP contribution in [-0.2, 0) is 6.42 Å². The zero-order chi connectivity index (χ0) is 13.2. The van der Waals surface area contributed by atoms with Crippen molar-refractivity contribution >= 4 is 15.9 Å². The molecule has 0 bridgehead atoms. The first-order chi connectivity index (χ1) is 8.50. The van der Waals surface area contributed by atoms with Crippen molar-refractivity contribution in [2.75, 3.05) is 7.05 Å². The van der Waals surface area contributed by atoms with Crippen LogP contribution >= 0.6 is 15.9 Å². The lowest BCUT2D eigenvalue weighted by Crippen LogP contribution is -2.35. The van der Waals surface area contributed by atoms with E-state index in [4.69, 9.17) is 0 Å². The maximum absolute atomic E-state index is 13.2. The molecule has 1 aromatic rings. The summed E-state index contributed by atoms with van der Waals surface area (Å²) in [5, 5.41) is 3.20. The molecule has 100 valence electrons. The summed E-state index contributed by atoms with van der Waals surface area (Å²) in [7, 11) is 1.86. The number of benzene rings is 1. The van der Waals surface area contributed by atoms with Gasteiger partial charge in [-0.15, -0.1) is 0 Å². The van der Waals surface area contributed by atoms with Gasteiger partial charge in [0, 0.05) is 23.4 Å². The van der Waals surface area contributed by atoms with Gasteiger partial charge >= 0.3 is 0 Å². The van der Waals surface area contributed by atoms with E-state index in [2.05, 4.69) is 21.2 Å². The standard InChI is InChI=1S/C14H18BrF2N/c1-18-13(11-6-7-14(16,17)9-11)8-10-2-4-12(15)5-3-10/h2-5,11,13,18H,6-9H2,1H3. The predicted molar refractivity (Wildman–Crippen MR) is 73.0 cm³/mol. The van der Waals surface area contributed by atoms with E-state index in [-0.39, 0.29) is 24.8 Å². The molecule has 0 spiro atoms. The summed E-state index contributed by atoms with van der Waals surface area (Å²) in [4.78, 5) is 0. The summed E-state index contributed by atoms with van der Waals surface area (Å²) >= 11 is 3.40. The Kier molecular flexibility index (Phi) is 4.38. The third-order valence-corrected chi connectivity index (χ3v) is 4.28. The third kappa shape index (κ3) is 3.51. The molecule has 4 heteroatoms. The van der Waals surface area contributed by atoms with E-state index in [9.17, 15) is 8.78 Å². The van der Waals surface area contributed by atoms with E-state index in [0.29, 0.717) is 6.42 Å². The van der Waals surface area contributed by atoms with E-state index < -0.39 is 5.92 Å². The van der Waals surface area contributed by atoms with Crippen LogP contribution < -0.4 is 5.32 Å². The van der Waals surface area contributed by atoms with Gasteiger partial charge in [-0.1, -0.05) is 28.1 Å². The summed E-state index contributed by atoms with van der Waals surface area (Å²) in [6.07, 6.45) is 1.49. The highest BCUT2D eigenvalue weighted by atomic mass is 79.9. The van der Waals surface area contributed by atoms with Crippen molar-refractivity contribution in [2.24, 2.45) is 5.92 Å². The second-order valence-corrected chi connectivity index (χ2v) is 6.00. The molecule has 0 radical (unpaired) electrons. The lowest BCUT2D eigenvalue weighted by atomic mass is 9.92. The van der Waals surface area contributed by atoms with Crippen LogP contribution in [0.25, 0.3) is 0 Å². The molecule has 1 aromatic carbocycles. The van der Waals surface area contributed by atoms with E-state index >= 15 is 0 Å². The van der Waals surface area contributed by atoms with Crippen LogP contribution in [0.5, 0.6) is 0 Å². The highest BCUT2D eigenvalue weighted by Gasteiger charge is 2.41. The first-order valence-electron chi connectivity index (χ1n) is 6.30. The monoisotopic (exact) mass is 317 g/mol. The SMILES string of the molecule is CNC(Cc1ccc(Br)cc1)C1CCC(F)(F)C1. The lowest BCUT2D eigenvalue weighted by Gasteiger charge is -2.23. The molecule has 0 aromatic heterocycles. The van der Waals surface area contributed by atoms with Crippen LogP contribution in [0.2, 0.25) is 0 Å². The van der Waals surface area contributed by atoms with Gasteiger partial charge in [-0.2, -0.15) is 0 Å². The Morgan fingerprint density at radius 2 is 2.06 bits per heavy atom. The normalized spacial score (nSPS) is 24.1. The number of halogens is 3. The maximum Gasteiger partial charge on any atom is 0.248 e. The first kappa shape index (κ1) is 13.9. The van der Waals surface area contributed by atoms with Gasteiger partial charge in [0.2, 0.25) is 5.92 Å². The minimum atomic E-state index is -2.46. The van der Waals surface area contributed by atoms with Crippen LogP contribution in [-0.4, -0.2) is 19.0 Å². The summed E-state index contributed by atoms with van der Waals surface area (Å²) < 4.78 is 27.5. The molecule has 1 fully saturated rings. The molecule has 1 aliphatic carbocycles. The number of likely N-dealkylation sites (N-methyl/N-ethyl adjacent to an activating group) is 1. The quantitative estimate of drug-likeness (QED) is 0.884. The molecule has 2 rings (SSSR count). The summed E-state index contributed by atoms with van der Waals surface area (Å²) in [5.41, 5.74) is 1.19. The fourth-order valence-electron chi connectivity index (χ4n) is 2.71. The molecule has 0 aliphatic heterocycles. The van der Waals surface area contributed by atoms with Crippen molar-refractivity contribution < 1.29 is 8.78 Å². The Morgan fingerprint density at radius 1 is 1.39 bits per heavy atom. The Labute approximate surface area is 115 Å². The van der Waals surface area contributed by atoms with Gasteiger partial charge in [0.15, 0.2) is 0 Å². The van der Waals surface area contributed by atoms with Crippen molar-refractivity contribution in [3.05, 3.63) is 34.3 Å². The molecule has 0 amide bonds. The number of hydrogen-bond donors (Lipinski definition) is 1. The summed E-state index contributed by atoms with van der Waals surface area (Å²) in [5.74, 6) is -2.38. The maximum atomic E-state index is 13.2. The van der Waals surface area contributed by atoms with Crippen LogP contribution in [0.4, 0.5) is 8.78 Å². The lowest BCUT2D eigenvalue weighted by molar-refractivity contribution is 0.00343. The van der Waals surface area contributed by atoms with Gasteiger partial charge in [-0.05, 0) is 43.5 Å². The molecule has 18 heavy (non-hydrogen) atoms. The molecular formula is C14H18BrF2N. The van der Waals surface area contributed by atoms with Crippen LogP contribution in [0, 0.1) is 5.92 Å². The fourth-order valence-corrected chi connectivity index (χ4v) is 2.97. The first-order valence-corrected chi connectivity index (χ1v) is 7.09. The predicted octanol–water partition coefficient (Wildman–Crippen LogP) is 4.02. The minimum Gasteiger partial charge on any atom is -0.316 e. The van der Waals surface area contributed by atoms with Gasteiger partial charge in [0.05, 0.1) is 0 Å². The van der Waals surface area contributed by atoms with Crippen LogP contribution in [0.15, 0.2) is 28.7 Å². The van der Waals surface area contributed by atoms with E-state index in [1.807, 2.05) is 31.3 Å². The number of alkyl halides is 2. The van der Waals surface area contributed by atoms with E-state index in [0.717, 1.165) is 10.9 Å². The zero-order valence-electron chi connectivity index (χ0n) is 10.4. The smallest absolute Gasteiger partial charge is 0.248 e. The Hall–Kier alpha value is -0.480. The van der Waals surface area contributed by atoms with Gasteiger partial charge in [0.1, 0.15) is 0 Å². The average Bonchev–Trinajstić information content (AvgIpc) is 2.69. The van der Waals surface area contributed by atoms with Crippen molar-refractivity contribution in [3.63, 3.8) is 0 Å². The number of nitrogens with one attached hydrogen (secondary N) is 1. The van der Waals surface area contributed by atoms with Crippen molar-refractivity contribution in [1.82, 2.24) is 5.32 Å².